The van der Waals surface area contributed by atoms with Gasteiger partial charge in [0.15, 0.2) is 0 Å². The molecular weight excluding hydrogens is 518 g/mol. The van der Waals surface area contributed by atoms with Crippen LogP contribution in [-0.2, 0) is 25.7 Å². The van der Waals surface area contributed by atoms with Crippen molar-refractivity contribution in [3.8, 4) is 0 Å². The van der Waals surface area contributed by atoms with Crippen LogP contribution in [0.15, 0.2) is 55.6 Å². The first-order valence-corrected chi connectivity index (χ1v) is 15.3. The summed E-state index contributed by atoms with van der Waals surface area (Å²) in [7, 11) is 0. The average molecular weight is 566 g/mol. The topological polar surface area (TPSA) is 90.4 Å². The van der Waals surface area contributed by atoms with E-state index in [9.17, 15) is 19.5 Å². The SMILES string of the molecule is C=CCN(CCCC)C(=O)C1N([C@@H](CC)CO)C(=O)[C@@H]2[C@H](C(=O)N(CC=C)Cc3ccccc3)[C@]3(CC)CCC12O3. The predicted octanol–water partition coefficient (Wildman–Crippen LogP) is 3.94. The molecule has 1 aromatic carbocycles. The minimum Gasteiger partial charge on any atom is -0.394 e. The number of hydrogen-bond donors (Lipinski definition) is 1. The predicted molar refractivity (Wildman–Crippen MR) is 159 cm³/mol. The van der Waals surface area contributed by atoms with Crippen LogP contribution in [0.3, 0.4) is 0 Å². The second-order valence-electron chi connectivity index (χ2n) is 11.7. The normalized spacial score (nSPS) is 28.8. The van der Waals surface area contributed by atoms with E-state index in [0.717, 1.165) is 18.4 Å². The van der Waals surface area contributed by atoms with E-state index in [2.05, 4.69) is 20.1 Å². The number of ether oxygens (including phenoxy) is 1. The number of aliphatic hydroxyl groups is 1. The Morgan fingerprint density at radius 3 is 2.37 bits per heavy atom. The van der Waals surface area contributed by atoms with Gasteiger partial charge in [0, 0.05) is 26.2 Å². The average Bonchev–Trinajstić information content (AvgIpc) is 3.59. The molecule has 2 bridgehead atoms. The van der Waals surface area contributed by atoms with E-state index in [1.165, 1.54) is 0 Å². The molecule has 8 heteroatoms. The van der Waals surface area contributed by atoms with E-state index >= 15 is 0 Å². The molecule has 8 nitrogen and oxygen atoms in total. The van der Waals surface area contributed by atoms with Crippen molar-refractivity contribution in [2.75, 3.05) is 26.2 Å². The molecule has 1 N–H and O–H groups in total. The summed E-state index contributed by atoms with van der Waals surface area (Å²) < 4.78 is 6.95. The molecule has 41 heavy (non-hydrogen) atoms. The molecule has 4 rings (SSSR count). The largest absolute Gasteiger partial charge is 0.394 e. The van der Waals surface area contributed by atoms with E-state index in [1.54, 1.807) is 26.9 Å². The lowest BCUT2D eigenvalue weighted by Gasteiger charge is -2.39. The Morgan fingerprint density at radius 1 is 1.10 bits per heavy atom. The minimum absolute atomic E-state index is 0.144. The molecule has 3 fully saturated rings. The molecule has 3 aliphatic heterocycles. The van der Waals surface area contributed by atoms with Crippen LogP contribution in [0.5, 0.6) is 0 Å². The standard InChI is InChI=1S/C33H47N3O5/c1-6-11-21-34(19-7-2)31(40)28-33-18-17-32(10-5,41-33)26(27(33)30(39)36(28)25(9-4)23-37)29(38)35(20-8-3)22-24-15-13-12-14-16-24/h7-8,12-16,25-28,37H,2-3,6,9-11,17-23H2,1,4-5H3/t25-,26+,27-,28?,32-,33?/m0/s1. The number of rotatable bonds is 15. The Labute approximate surface area is 245 Å². The van der Waals surface area contributed by atoms with Crippen molar-refractivity contribution in [1.29, 1.82) is 0 Å². The van der Waals surface area contributed by atoms with Gasteiger partial charge in [0.25, 0.3) is 0 Å². The summed E-state index contributed by atoms with van der Waals surface area (Å²) in [6.07, 6.45) is 7.32. The first-order valence-electron chi connectivity index (χ1n) is 15.3. The van der Waals surface area contributed by atoms with Crippen LogP contribution in [0.1, 0.15) is 64.9 Å². The van der Waals surface area contributed by atoms with Gasteiger partial charge in [-0.1, -0.05) is 69.7 Å². The molecule has 3 saturated heterocycles. The van der Waals surface area contributed by atoms with Gasteiger partial charge in [0.2, 0.25) is 17.7 Å². The number of carbonyl (C=O) groups excluding carboxylic acids is 3. The van der Waals surface area contributed by atoms with Gasteiger partial charge in [0.1, 0.15) is 11.6 Å². The third-order valence-electron chi connectivity index (χ3n) is 9.51. The van der Waals surface area contributed by atoms with E-state index in [4.69, 9.17) is 4.74 Å². The highest BCUT2D eigenvalue weighted by molar-refractivity contribution is 5.99. The molecule has 3 aliphatic rings. The van der Waals surface area contributed by atoms with Gasteiger partial charge in [-0.2, -0.15) is 0 Å². The molecule has 6 atom stereocenters. The number of unbranched alkanes of at least 4 members (excludes halogenated alkanes) is 1. The Morgan fingerprint density at radius 2 is 1.78 bits per heavy atom. The molecule has 0 saturated carbocycles. The zero-order valence-corrected chi connectivity index (χ0v) is 25.0. The maximum absolute atomic E-state index is 14.5. The molecule has 2 unspecified atom stereocenters. The smallest absolute Gasteiger partial charge is 0.248 e. The van der Waals surface area contributed by atoms with Gasteiger partial charge < -0.3 is 24.5 Å². The van der Waals surface area contributed by atoms with Gasteiger partial charge in [-0.05, 0) is 37.7 Å². The highest BCUT2D eigenvalue weighted by Gasteiger charge is 2.79. The van der Waals surface area contributed by atoms with Crippen molar-refractivity contribution in [2.45, 2.75) is 89.1 Å². The third-order valence-corrected chi connectivity index (χ3v) is 9.51. The van der Waals surface area contributed by atoms with Crippen LogP contribution >= 0.6 is 0 Å². The quantitative estimate of drug-likeness (QED) is 0.326. The number of carbonyl (C=O) groups is 3. The lowest BCUT2D eigenvalue weighted by molar-refractivity contribution is -0.158. The van der Waals surface area contributed by atoms with Gasteiger partial charge >= 0.3 is 0 Å². The summed E-state index contributed by atoms with van der Waals surface area (Å²) in [5.74, 6) is -2.11. The van der Waals surface area contributed by atoms with E-state index in [0.29, 0.717) is 51.9 Å². The van der Waals surface area contributed by atoms with Gasteiger partial charge in [-0.15, -0.1) is 13.2 Å². The number of amides is 3. The fourth-order valence-corrected chi connectivity index (χ4v) is 7.48. The fraction of sp³-hybridized carbons (Fsp3) is 0.606. The Kier molecular flexibility index (Phi) is 9.75. The molecule has 3 amide bonds. The first-order chi connectivity index (χ1) is 19.8. The second kappa shape index (κ2) is 12.9. The molecular formula is C33H47N3O5. The van der Waals surface area contributed by atoms with Gasteiger partial charge in [0.05, 0.1) is 30.1 Å². The minimum atomic E-state index is -1.12. The van der Waals surface area contributed by atoms with Crippen LogP contribution in [0.2, 0.25) is 0 Å². The van der Waals surface area contributed by atoms with Crippen molar-refractivity contribution in [1.82, 2.24) is 14.7 Å². The van der Waals surface area contributed by atoms with Crippen molar-refractivity contribution in [3.05, 3.63) is 61.2 Å². The summed E-state index contributed by atoms with van der Waals surface area (Å²) >= 11 is 0. The number of aliphatic hydroxyl groups excluding tert-OH is 1. The Balaban J connectivity index is 1.80. The van der Waals surface area contributed by atoms with Crippen molar-refractivity contribution in [3.63, 3.8) is 0 Å². The summed E-state index contributed by atoms with van der Waals surface area (Å²) in [6, 6.07) is 8.33. The second-order valence-corrected chi connectivity index (χ2v) is 11.7. The number of likely N-dealkylation sites (tertiary alicyclic amines) is 1. The summed E-state index contributed by atoms with van der Waals surface area (Å²) in [4.78, 5) is 48.5. The van der Waals surface area contributed by atoms with Gasteiger partial charge in [-0.25, -0.2) is 0 Å². The summed E-state index contributed by atoms with van der Waals surface area (Å²) in [5.41, 5.74) is -0.960. The lowest BCUT2D eigenvalue weighted by Crippen LogP contribution is -2.59. The van der Waals surface area contributed by atoms with E-state index in [-0.39, 0.29) is 24.3 Å². The monoisotopic (exact) mass is 565 g/mol. The van der Waals surface area contributed by atoms with Crippen molar-refractivity contribution >= 4 is 17.7 Å². The summed E-state index contributed by atoms with van der Waals surface area (Å²) in [6.45, 7) is 15.1. The van der Waals surface area contributed by atoms with Crippen LogP contribution in [0.4, 0.5) is 0 Å². The third kappa shape index (κ3) is 5.25. The maximum Gasteiger partial charge on any atom is 0.248 e. The summed E-state index contributed by atoms with van der Waals surface area (Å²) in [5, 5.41) is 10.3. The number of nitrogens with zero attached hydrogens (tertiary/aromatic N) is 3. The molecule has 0 aliphatic carbocycles. The van der Waals surface area contributed by atoms with E-state index < -0.39 is 35.1 Å². The molecule has 1 aromatic rings. The zero-order valence-electron chi connectivity index (χ0n) is 25.0. The van der Waals surface area contributed by atoms with Crippen molar-refractivity contribution in [2.24, 2.45) is 11.8 Å². The molecule has 224 valence electrons. The highest BCUT2D eigenvalue weighted by Crippen LogP contribution is 2.65. The van der Waals surface area contributed by atoms with Gasteiger partial charge in [-0.3, -0.25) is 14.4 Å². The molecule has 0 radical (unpaired) electrons. The zero-order chi connectivity index (χ0) is 29.8. The van der Waals surface area contributed by atoms with E-state index in [1.807, 2.05) is 44.2 Å². The fourth-order valence-electron chi connectivity index (χ4n) is 7.48. The van der Waals surface area contributed by atoms with Crippen LogP contribution in [0.25, 0.3) is 0 Å². The first kappa shape index (κ1) is 31.0. The molecule has 1 spiro atoms. The Hall–Kier alpha value is -2.97. The number of hydrogen-bond acceptors (Lipinski definition) is 5. The van der Waals surface area contributed by atoms with Crippen LogP contribution in [-0.4, -0.2) is 87.1 Å². The molecule has 3 heterocycles. The number of fused-ring (bicyclic) bond motifs is 1. The number of benzene rings is 1. The van der Waals surface area contributed by atoms with Crippen LogP contribution in [0, 0.1) is 11.8 Å². The highest BCUT2D eigenvalue weighted by atomic mass is 16.5. The van der Waals surface area contributed by atoms with Crippen LogP contribution < -0.4 is 0 Å². The molecule has 0 aromatic heterocycles. The lowest BCUT2D eigenvalue weighted by atomic mass is 9.64. The van der Waals surface area contributed by atoms with Crippen molar-refractivity contribution < 1.29 is 24.2 Å². The maximum atomic E-state index is 14.5. The Bertz CT molecular complexity index is 1120.